The van der Waals surface area contributed by atoms with Crippen LogP contribution in [-0.2, 0) is 6.42 Å². The van der Waals surface area contributed by atoms with Gasteiger partial charge >= 0.3 is 0 Å². The number of hydrogen-bond acceptors (Lipinski definition) is 3. The molecule has 0 saturated heterocycles. The van der Waals surface area contributed by atoms with Gasteiger partial charge in [-0.15, -0.1) is 0 Å². The summed E-state index contributed by atoms with van der Waals surface area (Å²) in [5.74, 6) is 0.866. The van der Waals surface area contributed by atoms with E-state index in [9.17, 15) is 0 Å². The number of fused-ring (bicyclic) bond motifs is 1. The molecule has 1 aliphatic carbocycles. The highest BCUT2D eigenvalue weighted by molar-refractivity contribution is 5.30. The van der Waals surface area contributed by atoms with Gasteiger partial charge in [-0.3, -0.25) is 0 Å². The van der Waals surface area contributed by atoms with Crippen LogP contribution in [0, 0.1) is 13.8 Å². The van der Waals surface area contributed by atoms with Crippen molar-refractivity contribution in [2.45, 2.75) is 39.2 Å². The summed E-state index contributed by atoms with van der Waals surface area (Å²) in [5, 5.41) is 0. The fourth-order valence-electron chi connectivity index (χ4n) is 2.10. The zero-order chi connectivity index (χ0) is 9.42. The average Bonchev–Trinajstić information content (AvgIpc) is 2.02. The Morgan fingerprint density at radius 2 is 2.08 bits per heavy atom. The highest BCUT2D eigenvalue weighted by Gasteiger charge is 2.20. The molecule has 1 aromatic rings. The molecule has 1 atom stereocenters. The van der Waals surface area contributed by atoms with Gasteiger partial charge in [0.1, 0.15) is 5.82 Å². The van der Waals surface area contributed by atoms with Gasteiger partial charge < -0.3 is 5.73 Å². The van der Waals surface area contributed by atoms with Gasteiger partial charge in [-0.05, 0) is 33.1 Å². The minimum atomic E-state index is 0.157. The number of aromatic nitrogens is 2. The van der Waals surface area contributed by atoms with E-state index in [0.29, 0.717) is 0 Å². The van der Waals surface area contributed by atoms with Crippen molar-refractivity contribution in [3.63, 3.8) is 0 Å². The maximum atomic E-state index is 6.02. The first-order valence-corrected chi connectivity index (χ1v) is 4.78. The smallest absolute Gasteiger partial charge is 0.125 e. The van der Waals surface area contributed by atoms with Crippen molar-refractivity contribution in [3.05, 3.63) is 22.8 Å². The number of aryl methyl sites for hydroxylation is 3. The van der Waals surface area contributed by atoms with Crippen molar-refractivity contribution in [2.75, 3.05) is 0 Å². The second kappa shape index (κ2) is 3.07. The molecule has 70 valence electrons. The van der Waals surface area contributed by atoms with Crippen LogP contribution in [0.4, 0.5) is 0 Å². The van der Waals surface area contributed by atoms with Crippen molar-refractivity contribution in [2.24, 2.45) is 5.73 Å². The van der Waals surface area contributed by atoms with Gasteiger partial charge in [-0.1, -0.05) is 0 Å². The fraction of sp³-hybridized carbons (Fsp3) is 0.600. The van der Waals surface area contributed by atoms with Gasteiger partial charge in [0.15, 0.2) is 0 Å². The summed E-state index contributed by atoms with van der Waals surface area (Å²) in [6.07, 6.45) is 3.29. The first-order chi connectivity index (χ1) is 6.18. The molecular formula is C10H15N3. The lowest BCUT2D eigenvalue weighted by Crippen LogP contribution is -2.21. The molecule has 0 bridgehead atoms. The Bertz CT molecular complexity index is 333. The topological polar surface area (TPSA) is 51.8 Å². The third-order valence-corrected chi connectivity index (χ3v) is 2.63. The number of rotatable bonds is 0. The molecule has 2 N–H and O–H groups in total. The summed E-state index contributed by atoms with van der Waals surface area (Å²) < 4.78 is 0. The minimum Gasteiger partial charge on any atom is -0.324 e. The predicted octanol–water partition coefficient (Wildman–Crippen LogP) is 1.43. The summed E-state index contributed by atoms with van der Waals surface area (Å²) in [4.78, 5) is 8.78. The monoisotopic (exact) mass is 177 g/mol. The molecule has 1 unspecified atom stereocenters. The first-order valence-electron chi connectivity index (χ1n) is 4.78. The summed E-state index contributed by atoms with van der Waals surface area (Å²) in [6.45, 7) is 3.96. The van der Waals surface area contributed by atoms with Crippen LogP contribution in [0.5, 0.6) is 0 Å². The summed E-state index contributed by atoms with van der Waals surface area (Å²) in [6, 6.07) is 0.157. The molecule has 1 aliphatic rings. The summed E-state index contributed by atoms with van der Waals surface area (Å²) in [5.41, 5.74) is 9.44. The highest BCUT2D eigenvalue weighted by atomic mass is 14.9. The van der Waals surface area contributed by atoms with E-state index in [1.165, 1.54) is 11.3 Å². The van der Waals surface area contributed by atoms with E-state index in [1.54, 1.807) is 0 Å². The molecule has 0 aromatic carbocycles. The van der Waals surface area contributed by atoms with E-state index >= 15 is 0 Å². The fourth-order valence-corrected chi connectivity index (χ4v) is 2.10. The van der Waals surface area contributed by atoms with Crippen LogP contribution >= 0.6 is 0 Å². The predicted molar refractivity (Wildman–Crippen MR) is 51.4 cm³/mol. The van der Waals surface area contributed by atoms with E-state index in [-0.39, 0.29) is 6.04 Å². The lowest BCUT2D eigenvalue weighted by atomic mass is 9.91. The average molecular weight is 177 g/mol. The van der Waals surface area contributed by atoms with Crippen LogP contribution in [0.1, 0.15) is 41.7 Å². The van der Waals surface area contributed by atoms with Gasteiger partial charge in [0, 0.05) is 23.0 Å². The summed E-state index contributed by atoms with van der Waals surface area (Å²) in [7, 11) is 0. The van der Waals surface area contributed by atoms with Gasteiger partial charge in [-0.25, -0.2) is 9.97 Å². The minimum absolute atomic E-state index is 0.157. The van der Waals surface area contributed by atoms with Gasteiger partial charge in [-0.2, -0.15) is 0 Å². The first kappa shape index (κ1) is 8.63. The molecule has 2 rings (SSSR count). The summed E-state index contributed by atoms with van der Waals surface area (Å²) >= 11 is 0. The van der Waals surface area contributed by atoms with Gasteiger partial charge in [0.2, 0.25) is 0 Å². The SMILES string of the molecule is Cc1nc(C)c2c(n1)CCCC2N. The Labute approximate surface area is 78.4 Å². The number of hydrogen-bond donors (Lipinski definition) is 1. The zero-order valence-electron chi connectivity index (χ0n) is 8.17. The van der Waals surface area contributed by atoms with Crippen molar-refractivity contribution in [3.8, 4) is 0 Å². The van der Waals surface area contributed by atoms with Gasteiger partial charge in [0.25, 0.3) is 0 Å². The normalized spacial score (nSPS) is 21.3. The maximum absolute atomic E-state index is 6.02. The molecular weight excluding hydrogens is 162 g/mol. The largest absolute Gasteiger partial charge is 0.324 e. The van der Waals surface area contributed by atoms with Crippen molar-refractivity contribution < 1.29 is 0 Å². The van der Waals surface area contributed by atoms with Crippen molar-refractivity contribution in [1.82, 2.24) is 9.97 Å². The molecule has 1 aromatic heterocycles. The molecule has 0 spiro atoms. The molecule has 3 heteroatoms. The Kier molecular flexibility index (Phi) is 2.04. The standard InChI is InChI=1S/C10H15N3/c1-6-10-8(11)4-3-5-9(10)13-7(2)12-6/h8H,3-5,11H2,1-2H3. The zero-order valence-corrected chi connectivity index (χ0v) is 8.17. The molecule has 0 fully saturated rings. The van der Waals surface area contributed by atoms with E-state index < -0.39 is 0 Å². The van der Waals surface area contributed by atoms with E-state index in [0.717, 1.165) is 30.8 Å². The second-order valence-electron chi connectivity index (χ2n) is 3.72. The van der Waals surface area contributed by atoms with E-state index in [4.69, 9.17) is 5.73 Å². The molecule has 13 heavy (non-hydrogen) atoms. The van der Waals surface area contributed by atoms with Crippen LogP contribution in [-0.4, -0.2) is 9.97 Å². The lowest BCUT2D eigenvalue weighted by Gasteiger charge is -2.22. The molecule has 0 amide bonds. The van der Waals surface area contributed by atoms with E-state index in [2.05, 4.69) is 9.97 Å². The molecule has 0 aliphatic heterocycles. The third kappa shape index (κ3) is 1.44. The van der Waals surface area contributed by atoms with Crippen LogP contribution in [0.3, 0.4) is 0 Å². The van der Waals surface area contributed by atoms with Crippen LogP contribution < -0.4 is 5.73 Å². The third-order valence-electron chi connectivity index (χ3n) is 2.63. The van der Waals surface area contributed by atoms with Crippen LogP contribution in [0.15, 0.2) is 0 Å². The van der Waals surface area contributed by atoms with E-state index in [1.807, 2.05) is 13.8 Å². The quantitative estimate of drug-likeness (QED) is 0.652. The Morgan fingerprint density at radius 1 is 1.31 bits per heavy atom. The second-order valence-corrected chi connectivity index (χ2v) is 3.72. The molecule has 1 heterocycles. The van der Waals surface area contributed by atoms with Crippen molar-refractivity contribution in [1.29, 1.82) is 0 Å². The number of nitrogens with zero attached hydrogens (tertiary/aromatic N) is 2. The molecule has 0 radical (unpaired) electrons. The van der Waals surface area contributed by atoms with Gasteiger partial charge in [0.05, 0.1) is 0 Å². The lowest BCUT2D eigenvalue weighted by molar-refractivity contribution is 0.550. The maximum Gasteiger partial charge on any atom is 0.125 e. The van der Waals surface area contributed by atoms with Crippen molar-refractivity contribution >= 4 is 0 Å². The Morgan fingerprint density at radius 3 is 2.85 bits per heavy atom. The van der Waals surface area contributed by atoms with Crippen LogP contribution in [0.25, 0.3) is 0 Å². The Hall–Kier alpha value is -0.960. The number of nitrogens with two attached hydrogens (primary N) is 1. The Balaban J connectivity index is 2.56. The highest BCUT2D eigenvalue weighted by Crippen LogP contribution is 2.28. The molecule has 0 saturated carbocycles. The molecule has 3 nitrogen and oxygen atoms in total. The van der Waals surface area contributed by atoms with Crippen LogP contribution in [0.2, 0.25) is 0 Å².